The van der Waals surface area contributed by atoms with E-state index in [1.54, 1.807) is 11.9 Å². The van der Waals surface area contributed by atoms with Crippen molar-refractivity contribution < 1.29 is 14.7 Å². The second-order valence-electron chi connectivity index (χ2n) is 4.24. The summed E-state index contributed by atoms with van der Waals surface area (Å²) < 4.78 is 0. The fourth-order valence-corrected chi connectivity index (χ4v) is 2.06. The van der Waals surface area contributed by atoms with Gasteiger partial charge in [0.25, 0.3) is 0 Å². The van der Waals surface area contributed by atoms with Crippen LogP contribution in [0.25, 0.3) is 0 Å². The zero-order valence-electron chi connectivity index (χ0n) is 9.24. The molecule has 0 unspecified atom stereocenters. The molecule has 86 valence electrons. The molecule has 1 aliphatic rings. The summed E-state index contributed by atoms with van der Waals surface area (Å²) in [5.41, 5.74) is 0. The third-order valence-electron chi connectivity index (χ3n) is 2.96. The van der Waals surface area contributed by atoms with E-state index >= 15 is 0 Å². The van der Waals surface area contributed by atoms with E-state index in [0.29, 0.717) is 13.0 Å². The van der Waals surface area contributed by atoms with Crippen LogP contribution in [0.5, 0.6) is 0 Å². The standard InChI is InChI=1S/C11H19NO3/c1-12(8-4-7-10(13)14)11(15)9-5-2-3-6-9/h9H,2-8H2,1H3,(H,13,14). The molecule has 0 aromatic rings. The summed E-state index contributed by atoms with van der Waals surface area (Å²) >= 11 is 0. The van der Waals surface area contributed by atoms with Crippen LogP contribution in [0.15, 0.2) is 0 Å². The van der Waals surface area contributed by atoms with Crippen LogP contribution in [0, 0.1) is 5.92 Å². The molecule has 0 atom stereocenters. The first-order valence-corrected chi connectivity index (χ1v) is 5.58. The summed E-state index contributed by atoms with van der Waals surface area (Å²) in [5.74, 6) is -0.408. The van der Waals surface area contributed by atoms with E-state index in [0.717, 1.165) is 25.7 Å². The van der Waals surface area contributed by atoms with Crippen molar-refractivity contribution in [3.8, 4) is 0 Å². The van der Waals surface area contributed by atoms with Crippen molar-refractivity contribution in [2.45, 2.75) is 38.5 Å². The molecule has 0 aromatic carbocycles. The van der Waals surface area contributed by atoms with Gasteiger partial charge in [-0.05, 0) is 19.3 Å². The number of amides is 1. The number of nitrogens with zero attached hydrogens (tertiary/aromatic N) is 1. The minimum atomic E-state index is -0.795. The third kappa shape index (κ3) is 3.90. The number of carboxylic acid groups (broad SMARTS) is 1. The molecule has 0 aliphatic heterocycles. The highest BCUT2D eigenvalue weighted by atomic mass is 16.4. The predicted octanol–water partition coefficient (Wildman–Crippen LogP) is 1.50. The Hall–Kier alpha value is -1.06. The summed E-state index contributed by atoms with van der Waals surface area (Å²) in [7, 11) is 1.77. The number of carbonyl (C=O) groups is 2. The van der Waals surface area contributed by atoms with Crippen LogP contribution in [0.3, 0.4) is 0 Å². The van der Waals surface area contributed by atoms with Crippen LogP contribution in [-0.4, -0.2) is 35.5 Å². The first-order valence-electron chi connectivity index (χ1n) is 5.58. The SMILES string of the molecule is CN(CCCC(=O)O)C(=O)C1CCCC1. The molecular weight excluding hydrogens is 194 g/mol. The normalized spacial score (nSPS) is 16.6. The second-order valence-corrected chi connectivity index (χ2v) is 4.24. The van der Waals surface area contributed by atoms with Crippen LogP contribution < -0.4 is 0 Å². The Morgan fingerprint density at radius 3 is 2.47 bits per heavy atom. The van der Waals surface area contributed by atoms with Crippen molar-refractivity contribution in [1.82, 2.24) is 4.90 Å². The van der Waals surface area contributed by atoms with Crippen LogP contribution in [0.2, 0.25) is 0 Å². The number of aliphatic carboxylic acids is 1. The molecule has 0 spiro atoms. The number of hydrogen-bond acceptors (Lipinski definition) is 2. The van der Waals surface area contributed by atoms with Gasteiger partial charge in [0.2, 0.25) is 5.91 Å². The van der Waals surface area contributed by atoms with Crippen molar-refractivity contribution in [2.24, 2.45) is 5.92 Å². The Labute approximate surface area is 90.3 Å². The van der Waals surface area contributed by atoms with E-state index < -0.39 is 5.97 Å². The Morgan fingerprint density at radius 2 is 1.93 bits per heavy atom. The zero-order valence-corrected chi connectivity index (χ0v) is 9.24. The van der Waals surface area contributed by atoms with Gasteiger partial charge in [0.15, 0.2) is 0 Å². The van der Waals surface area contributed by atoms with Gasteiger partial charge in [-0.1, -0.05) is 12.8 Å². The molecule has 1 fully saturated rings. The first-order chi connectivity index (χ1) is 7.11. The average Bonchev–Trinajstić information content (AvgIpc) is 2.68. The van der Waals surface area contributed by atoms with Crippen molar-refractivity contribution >= 4 is 11.9 Å². The van der Waals surface area contributed by atoms with E-state index in [4.69, 9.17) is 5.11 Å². The highest BCUT2D eigenvalue weighted by Gasteiger charge is 2.24. The lowest BCUT2D eigenvalue weighted by Gasteiger charge is -2.20. The quantitative estimate of drug-likeness (QED) is 0.753. The van der Waals surface area contributed by atoms with Crippen LogP contribution in [0.1, 0.15) is 38.5 Å². The van der Waals surface area contributed by atoms with E-state index in [9.17, 15) is 9.59 Å². The molecule has 0 saturated heterocycles. The minimum Gasteiger partial charge on any atom is -0.481 e. The topological polar surface area (TPSA) is 57.6 Å². The van der Waals surface area contributed by atoms with E-state index in [-0.39, 0.29) is 18.2 Å². The summed E-state index contributed by atoms with van der Waals surface area (Å²) in [6, 6.07) is 0. The zero-order chi connectivity index (χ0) is 11.3. The molecule has 1 rings (SSSR count). The molecule has 0 bridgehead atoms. The van der Waals surface area contributed by atoms with Gasteiger partial charge in [-0.3, -0.25) is 9.59 Å². The van der Waals surface area contributed by atoms with E-state index in [1.807, 2.05) is 0 Å². The van der Waals surface area contributed by atoms with Gasteiger partial charge >= 0.3 is 5.97 Å². The lowest BCUT2D eigenvalue weighted by molar-refractivity contribution is -0.138. The van der Waals surface area contributed by atoms with Gasteiger partial charge in [0.05, 0.1) is 0 Å². The predicted molar refractivity (Wildman–Crippen MR) is 56.5 cm³/mol. The Morgan fingerprint density at radius 1 is 1.33 bits per heavy atom. The molecule has 1 N–H and O–H groups in total. The molecule has 0 heterocycles. The lowest BCUT2D eigenvalue weighted by atomic mass is 10.1. The minimum absolute atomic E-state index is 0.141. The Bertz CT molecular complexity index is 234. The molecule has 4 nitrogen and oxygen atoms in total. The number of carbonyl (C=O) groups excluding carboxylic acids is 1. The fraction of sp³-hybridized carbons (Fsp3) is 0.818. The van der Waals surface area contributed by atoms with Crippen LogP contribution in [0.4, 0.5) is 0 Å². The third-order valence-corrected chi connectivity index (χ3v) is 2.96. The second kappa shape index (κ2) is 5.73. The highest BCUT2D eigenvalue weighted by Crippen LogP contribution is 2.26. The Kier molecular flexibility index (Phi) is 4.59. The molecule has 4 heteroatoms. The van der Waals surface area contributed by atoms with Crippen LogP contribution in [-0.2, 0) is 9.59 Å². The molecule has 0 radical (unpaired) electrons. The van der Waals surface area contributed by atoms with E-state index in [2.05, 4.69) is 0 Å². The fourth-order valence-electron chi connectivity index (χ4n) is 2.06. The molecule has 15 heavy (non-hydrogen) atoms. The summed E-state index contributed by atoms with van der Waals surface area (Å²) in [5, 5.41) is 8.47. The average molecular weight is 213 g/mol. The summed E-state index contributed by atoms with van der Waals surface area (Å²) in [6.45, 7) is 0.557. The number of rotatable bonds is 5. The maximum Gasteiger partial charge on any atom is 0.303 e. The van der Waals surface area contributed by atoms with Crippen LogP contribution >= 0.6 is 0 Å². The van der Waals surface area contributed by atoms with Crippen molar-refractivity contribution in [3.05, 3.63) is 0 Å². The summed E-state index contributed by atoms with van der Waals surface area (Å²) in [6.07, 6.45) is 5.00. The smallest absolute Gasteiger partial charge is 0.303 e. The van der Waals surface area contributed by atoms with Crippen molar-refractivity contribution in [1.29, 1.82) is 0 Å². The highest BCUT2D eigenvalue weighted by molar-refractivity contribution is 5.78. The van der Waals surface area contributed by atoms with Crippen molar-refractivity contribution in [2.75, 3.05) is 13.6 Å². The van der Waals surface area contributed by atoms with Gasteiger partial charge in [0.1, 0.15) is 0 Å². The largest absolute Gasteiger partial charge is 0.481 e. The lowest BCUT2D eigenvalue weighted by Crippen LogP contribution is -2.32. The maximum atomic E-state index is 11.8. The molecule has 0 aromatic heterocycles. The molecule has 1 aliphatic carbocycles. The van der Waals surface area contributed by atoms with Crippen molar-refractivity contribution in [3.63, 3.8) is 0 Å². The number of carboxylic acids is 1. The van der Waals surface area contributed by atoms with Gasteiger partial charge in [-0.15, -0.1) is 0 Å². The molecular formula is C11H19NO3. The van der Waals surface area contributed by atoms with Gasteiger partial charge in [-0.2, -0.15) is 0 Å². The monoisotopic (exact) mass is 213 g/mol. The Balaban J connectivity index is 2.23. The first kappa shape index (κ1) is 12.0. The van der Waals surface area contributed by atoms with Gasteiger partial charge in [0, 0.05) is 25.9 Å². The van der Waals surface area contributed by atoms with Gasteiger partial charge < -0.3 is 10.0 Å². The summed E-state index contributed by atoms with van der Waals surface area (Å²) in [4.78, 5) is 23.8. The molecule has 1 saturated carbocycles. The maximum absolute atomic E-state index is 11.8. The van der Waals surface area contributed by atoms with Gasteiger partial charge in [-0.25, -0.2) is 0 Å². The van der Waals surface area contributed by atoms with E-state index in [1.165, 1.54) is 0 Å². The molecule has 1 amide bonds. The number of hydrogen-bond donors (Lipinski definition) is 1.